The largest absolute Gasteiger partial charge is 0.394 e. The summed E-state index contributed by atoms with van der Waals surface area (Å²) in [7, 11) is 1.73. The van der Waals surface area contributed by atoms with Gasteiger partial charge in [-0.25, -0.2) is 0 Å². The first-order chi connectivity index (χ1) is 10.2. The van der Waals surface area contributed by atoms with Crippen LogP contribution in [0.2, 0.25) is 0 Å². The smallest absolute Gasteiger partial charge is 0.0681 e. The minimum atomic E-state index is -0.365. The van der Waals surface area contributed by atoms with Gasteiger partial charge in [0, 0.05) is 20.2 Å². The maximum absolute atomic E-state index is 10.0. The normalized spacial score (nSPS) is 14.3. The molecule has 120 valence electrons. The summed E-state index contributed by atoms with van der Waals surface area (Å²) in [6.07, 6.45) is 0.874. The van der Waals surface area contributed by atoms with Gasteiger partial charge < -0.3 is 20.1 Å². The quantitative estimate of drug-likeness (QED) is 0.654. The Labute approximate surface area is 129 Å². The van der Waals surface area contributed by atoms with Crippen molar-refractivity contribution < 1.29 is 9.84 Å². The lowest BCUT2D eigenvalue weighted by atomic mass is 9.87. The van der Waals surface area contributed by atoms with Crippen LogP contribution in [0.15, 0.2) is 30.3 Å². The van der Waals surface area contributed by atoms with Crippen molar-refractivity contribution in [1.82, 2.24) is 10.2 Å². The van der Waals surface area contributed by atoms with Gasteiger partial charge in [0.05, 0.1) is 18.8 Å². The van der Waals surface area contributed by atoms with Gasteiger partial charge in [0.1, 0.15) is 0 Å². The van der Waals surface area contributed by atoms with Crippen molar-refractivity contribution in [3.8, 4) is 0 Å². The van der Waals surface area contributed by atoms with Gasteiger partial charge >= 0.3 is 0 Å². The van der Waals surface area contributed by atoms with E-state index in [0.29, 0.717) is 0 Å². The van der Waals surface area contributed by atoms with E-state index >= 15 is 0 Å². The van der Waals surface area contributed by atoms with Gasteiger partial charge in [-0.15, -0.1) is 0 Å². The molecule has 0 aliphatic heterocycles. The fourth-order valence-electron chi connectivity index (χ4n) is 2.65. The fraction of sp³-hybridized carbons (Fsp3) is 0.647. The number of benzene rings is 1. The maximum Gasteiger partial charge on any atom is 0.0681 e. The Hall–Kier alpha value is -0.940. The van der Waals surface area contributed by atoms with Gasteiger partial charge in [0.2, 0.25) is 0 Å². The SMILES string of the molecule is CCNC(CO)(CCN(CC)CCOC)c1ccccc1. The standard InChI is InChI=1S/C17H30N2O2/c1-4-18-17(15-20,16-9-7-6-8-10-16)11-12-19(5-2)13-14-21-3/h6-10,18,20H,4-5,11-15H2,1-3H3. The van der Waals surface area contributed by atoms with Crippen LogP contribution in [0.3, 0.4) is 0 Å². The van der Waals surface area contributed by atoms with Crippen molar-refractivity contribution in [2.24, 2.45) is 0 Å². The Bertz CT molecular complexity index is 372. The number of methoxy groups -OCH3 is 1. The molecule has 0 aromatic heterocycles. The first kappa shape index (κ1) is 18.1. The topological polar surface area (TPSA) is 44.7 Å². The van der Waals surface area contributed by atoms with Crippen LogP contribution in [0.1, 0.15) is 25.8 Å². The van der Waals surface area contributed by atoms with E-state index in [0.717, 1.165) is 44.8 Å². The number of nitrogens with one attached hydrogen (secondary N) is 1. The van der Waals surface area contributed by atoms with Crippen LogP contribution in [-0.4, -0.2) is 56.5 Å². The molecule has 0 bridgehead atoms. The van der Waals surface area contributed by atoms with Gasteiger partial charge in [0.25, 0.3) is 0 Å². The molecule has 0 aliphatic rings. The number of likely N-dealkylation sites (N-methyl/N-ethyl adjacent to an activating group) is 2. The Morgan fingerprint density at radius 3 is 2.43 bits per heavy atom. The lowest BCUT2D eigenvalue weighted by molar-refractivity contribution is 0.116. The second kappa shape index (κ2) is 9.90. The van der Waals surface area contributed by atoms with Crippen LogP contribution in [0.4, 0.5) is 0 Å². The minimum Gasteiger partial charge on any atom is -0.394 e. The van der Waals surface area contributed by atoms with Crippen molar-refractivity contribution in [1.29, 1.82) is 0 Å². The van der Waals surface area contributed by atoms with Crippen molar-refractivity contribution in [3.63, 3.8) is 0 Å². The van der Waals surface area contributed by atoms with Crippen molar-refractivity contribution in [3.05, 3.63) is 35.9 Å². The lowest BCUT2D eigenvalue weighted by Crippen LogP contribution is -2.48. The average Bonchev–Trinajstić information content (AvgIpc) is 2.54. The summed E-state index contributed by atoms with van der Waals surface area (Å²) >= 11 is 0. The number of aliphatic hydroxyl groups excluding tert-OH is 1. The second-order valence-corrected chi connectivity index (χ2v) is 5.31. The molecule has 0 saturated heterocycles. The van der Waals surface area contributed by atoms with Gasteiger partial charge in [0.15, 0.2) is 0 Å². The summed E-state index contributed by atoms with van der Waals surface area (Å²) in [6, 6.07) is 10.2. The number of ether oxygens (including phenoxy) is 1. The van der Waals surface area contributed by atoms with Gasteiger partial charge in [-0.2, -0.15) is 0 Å². The van der Waals surface area contributed by atoms with Crippen molar-refractivity contribution in [2.45, 2.75) is 25.8 Å². The average molecular weight is 294 g/mol. The highest BCUT2D eigenvalue weighted by molar-refractivity contribution is 5.24. The summed E-state index contributed by atoms with van der Waals surface area (Å²) in [4.78, 5) is 2.36. The molecule has 0 spiro atoms. The van der Waals surface area contributed by atoms with Gasteiger partial charge in [-0.1, -0.05) is 44.2 Å². The monoisotopic (exact) mass is 294 g/mol. The van der Waals surface area contributed by atoms with Gasteiger partial charge in [-0.3, -0.25) is 0 Å². The number of aliphatic hydroxyl groups is 1. The van der Waals surface area contributed by atoms with E-state index in [-0.39, 0.29) is 12.1 Å². The molecule has 1 aromatic carbocycles. The predicted octanol–water partition coefficient (Wildman–Crippen LogP) is 1.84. The number of rotatable bonds is 11. The second-order valence-electron chi connectivity index (χ2n) is 5.31. The zero-order chi connectivity index (χ0) is 15.6. The molecule has 0 amide bonds. The summed E-state index contributed by atoms with van der Waals surface area (Å²) < 4.78 is 5.16. The molecule has 1 rings (SSSR count). The van der Waals surface area contributed by atoms with E-state index < -0.39 is 0 Å². The molecule has 0 heterocycles. The van der Waals surface area contributed by atoms with Crippen molar-refractivity contribution >= 4 is 0 Å². The molecule has 1 unspecified atom stereocenters. The van der Waals surface area contributed by atoms with Gasteiger partial charge in [-0.05, 0) is 25.1 Å². The number of nitrogens with zero attached hydrogens (tertiary/aromatic N) is 1. The third-order valence-corrected chi connectivity index (χ3v) is 4.03. The molecule has 4 heteroatoms. The predicted molar refractivity (Wildman–Crippen MR) is 87.5 cm³/mol. The zero-order valence-electron chi connectivity index (χ0n) is 13.6. The maximum atomic E-state index is 10.0. The molecular weight excluding hydrogens is 264 g/mol. The summed E-state index contributed by atoms with van der Waals surface area (Å²) in [6.45, 7) is 8.77. The first-order valence-electron chi connectivity index (χ1n) is 7.85. The van der Waals surface area contributed by atoms with Crippen molar-refractivity contribution in [2.75, 3.05) is 46.5 Å². The zero-order valence-corrected chi connectivity index (χ0v) is 13.6. The third-order valence-electron chi connectivity index (χ3n) is 4.03. The number of hydrogen-bond donors (Lipinski definition) is 2. The van der Waals surface area contributed by atoms with Crippen LogP contribution in [0.5, 0.6) is 0 Å². The molecule has 0 radical (unpaired) electrons. The molecule has 0 saturated carbocycles. The molecule has 4 nitrogen and oxygen atoms in total. The Balaban J connectivity index is 2.78. The summed E-state index contributed by atoms with van der Waals surface area (Å²) in [5.74, 6) is 0. The number of hydrogen-bond acceptors (Lipinski definition) is 4. The molecular formula is C17H30N2O2. The Morgan fingerprint density at radius 2 is 1.90 bits per heavy atom. The third kappa shape index (κ3) is 5.40. The van der Waals surface area contributed by atoms with Crippen LogP contribution >= 0.6 is 0 Å². The van der Waals surface area contributed by atoms with Crippen LogP contribution in [0, 0.1) is 0 Å². The lowest BCUT2D eigenvalue weighted by Gasteiger charge is -2.35. The summed E-state index contributed by atoms with van der Waals surface area (Å²) in [5.41, 5.74) is 0.786. The Morgan fingerprint density at radius 1 is 1.19 bits per heavy atom. The fourth-order valence-corrected chi connectivity index (χ4v) is 2.65. The molecule has 2 N–H and O–H groups in total. The highest BCUT2D eigenvalue weighted by atomic mass is 16.5. The Kier molecular flexibility index (Phi) is 8.54. The van der Waals surface area contributed by atoms with E-state index in [1.165, 1.54) is 0 Å². The molecule has 21 heavy (non-hydrogen) atoms. The molecule has 0 fully saturated rings. The van der Waals surface area contributed by atoms with E-state index in [1.807, 2.05) is 18.2 Å². The van der Waals surface area contributed by atoms with Crippen LogP contribution < -0.4 is 5.32 Å². The van der Waals surface area contributed by atoms with Crippen LogP contribution in [0.25, 0.3) is 0 Å². The van der Waals surface area contributed by atoms with E-state index in [1.54, 1.807) is 7.11 Å². The molecule has 1 aromatic rings. The van der Waals surface area contributed by atoms with Crippen LogP contribution in [-0.2, 0) is 10.3 Å². The van der Waals surface area contributed by atoms with E-state index in [4.69, 9.17) is 4.74 Å². The molecule has 1 atom stereocenters. The summed E-state index contributed by atoms with van der Waals surface area (Å²) in [5, 5.41) is 13.5. The molecule has 0 aliphatic carbocycles. The highest BCUT2D eigenvalue weighted by Crippen LogP contribution is 2.25. The van der Waals surface area contributed by atoms with E-state index in [9.17, 15) is 5.11 Å². The minimum absolute atomic E-state index is 0.104. The van der Waals surface area contributed by atoms with E-state index in [2.05, 4.69) is 36.2 Å². The first-order valence-corrected chi connectivity index (χ1v) is 7.85. The highest BCUT2D eigenvalue weighted by Gasteiger charge is 2.30.